The zero-order chi connectivity index (χ0) is 17.2. The summed E-state index contributed by atoms with van der Waals surface area (Å²) in [6.45, 7) is 8.47. The van der Waals surface area contributed by atoms with Crippen LogP contribution in [0.4, 0.5) is 5.82 Å². The minimum absolute atomic E-state index is 0.0117. The van der Waals surface area contributed by atoms with Gasteiger partial charge in [0.2, 0.25) is 0 Å². The molecule has 0 unspecified atom stereocenters. The van der Waals surface area contributed by atoms with E-state index in [1.807, 2.05) is 18.3 Å². The molecular weight excluding hydrogens is 312 g/mol. The van der Waals surface area contributed by atoms with Crippen LogP contribution in [0.3, 0.4) is 0 Å². The first-order valence-electron chi connectivity index (χ1n) is 9.61. The Morgan fingerprint density at radius 3 is 2.60 bits per heavy atom. The fourth-order valence-electron chi connectivity index (χ4n) is 3.64. The van der Waals surface area contributed by atoms with Crippen LogP contribution in [0.2, 0.25) is 0 Å². The largest absolute Gasteiger partial charge is 0.355 e. The van der Waals surface area contributed by atoms with Gasteiger partial charge in [0.25, 0.3) is 5.91 Å². The molecule has 134 valence electrons. The second kappa shape index (κ2) is 7.08. The zero-order valence-electron chi connectivity index (χ0n) is 15.1. The van der Waals surface area contributed by atoms with Crippen molar-refractivity contribution in [1.82, 2.24) is 14.6 Å². The normalized spacial score (nSPS) is 18.7. The quantitative estimate of drug-likeness (QED) is 0.879. The molecule has 4 rings (SSSR count). The molecule has 1 aliphatic carbocycles. The van der Waals surface area contributed by atoms with Gasteiger partial charge in [-0.3, -0.25) is 9.69 Å². The summed E-state index contributed by atoms with van der Waals surface area (Å²) in [6, 6.07) is 8.27. The molecule has 2 fully saturated rings. The highest BCUT2D eigenvalue weighted by atomic mass is 16.1. The lowest BCUT2D eigenvalue weighted by Crippen LogP contribution is -2.47. The first-order chi connectivity index (χ1) is 12.2. The van der Waals surface area contributed by atoms with Gasteiger partial charge in [-0.25, -0.2) is 0 Å². The SMILES string of the molecule is CCCNC(=O)c1ccc2ccc(N3CCN(CC4CC4)CC3)n2c1. The number of fused-ring (bicyclic) bond motifs is 1. The van der Waals surface area contributed by atoms with Crippen LogP contribution in [0, 0.1) is 5.92 Å². The van der Waals surface area contributed by atoms with Crippen molar-refractivity contribution < 1.29 is 4.79 Å². The van der Waals surface area contributed by atoms with Crippen LogP contribution in [0.25, 0.3) is 5.52 Å². The van der Waals surface area contributed by atoms with Gasteiger partial charge in [0.1, 0.15) is 5.82 Å². The minimum Gasteiger partial charge on any atom is -0.355 e. The predicted molar refractivity (Wildman–Crippen MR) is 101 cm³/mol. The smallest absolute Gasteiger partial charge is 0.252 e. The van der Waals surface area contributed by atoms with Crippen LogP contribution in [0.5, 0.6) is 0 Å². The summed E-state index contributed by atoms with van der Waals surface area (Å²) < 4.78 is 2.16. The van der Waals surface area contributed by atoms with Crippen molar-refractivity contribution in [2.24, 2.45) is 5.92 Å². The van der Waals surface area contributed by atoms with Crippen LogP contribution in [0.15, 0.2) is 30.5 Å². The van der Waals surface area contributed by atoms with Gasteiger partial charge < -0.3 is 14.6 Å². The Hall–Kier alpha value is -2.01. The van der Waals surface area contributed by atoms with Crippen molar-refractivity contribution in [1.29, 1.82) is 0 Å². The first-order valence-corrected chi connectivity index (χ1v) is 9.61. The van der Waals surface area contributed by atoms with Crippen molar-refractivity contribution in [3.63, 3.8) is 0 Å². The average Bonchev–Trinajstić information content (AvgIpc) is 3.36. The highest BCUT2D eigenvalue weighted by Crippen LogP contribution is 2.30. The summed E-state index contributed by atoms with van der Waals surface area (Å²) in [7, 11) is 0. The number of anilines is 1. The molecule has 1 amide bonds. The molecule has 1 aliphatic heterocycles. The number of piperazine rings is 1. The number of hydrogen-bond donors (Lipinski definition) is 1. The van der Waals surface area contributed by atoms with Crippen molar-refractivity contribution in [2.75, 3.05) is 44.2 Å². The molecule has 1 saturated carbocycles. The standard InChI is InChI=1S/C20H28N4O/c1-2-9-21-20(25)17-5-6-18-7-8-19(24(18)15-17)23-12-10-22(11-13-23)14-16-3-4-16/h5-8,15-16H,2-4,9-14H2,1H3,(H,21,25). The Balaban J connectivity index is 1.48. The lowest BCUT2D eigenvalue weighted by atomic mass is 10.2. The molecule has 1 N–H and O–H groups in total. The Bertz CT molecular complexity index is 741. The molecule has 2 aliphatic rings. The van der Waals surface area contributed by atoms with Gasteiger partial charge in [-0.1, -0.05) is 6.92 Å². The van der Waals surface area contributed by atoms with E-state index in [2.05, 4.69) is 38.6 Å². The Morgan fingerprint density at radius 1 is 1.12 bits per heavy atom. The third-order valence-corrected chi connectivity index (χ3v) is 5.34. The molecule has 2 aromatic rings. The average molecular weight is 340 g/mol. The highest BCUT2D eigenvalue weighted by Gasteiger charge is 2.27. The van der Waals surface area contributed by atoms with E-state index in [0.717, 1.165) is 56.1 Å². The molecule has 2 aromatic heterocycles. The number of aromatic nitrogens is 1. The maximum Gasteiger partial charge on any atom is 0.252 e. The van der Waals surface area contributed by atoms with Gasteiger partial charge in [0.05, 0.1) is 5.56 Å². The number of carbonyl (C=O) groups excluding carboxylic acids is 1. The topological polar surface area (TPSA) is 40.0 Å². The first kappa shape index (κ1) is 16.5. The molecule has 0 aromatic carbocycles. The van der Waals surface area contributed by atoms with Crippen LogP contribution in [-0.2, 0) is 0 Å². The zero-order valence-corrected chi connectivity index (χ0v) is 15.1. The summed E-state index contributed by atoms with van der Waals surface area (Å²) in [4.78, 5) is 17.3. The van der Waals surface area contributed by atoms with Crippen molar-refractivity contribution in [3.05, 3.63) is 36.0 Å². The molecule has 3 heterocycles. The molecule has 0 radical (unpaired) electrons. The number of rotatable bonds is 6. The molecule has 0 bridgehead atoms. The van der Waals surface area contributed by atoms with E-state index >= 15 is 0 Å². The fraction of sp³-hybridized carbons (Fsp3) is 0.550. The van der Waals surface area contributed by atoms with Gasteiger partial charge in [0, 0.05) is 51.0 Å². The third kappa shape index (κ3) is 3.66. The Kier molecular flexibility index (Phi) is 4.66. The van der Waals surface area contributed by atoms with E-state index in [1.54, 1.807) is 0 Å². The molecule has 25 heavy (non-hydrogen) atoms. The van der Waals surface area contributed by atoms with Crippen LogP contribution in [0.1, 0.15) is 36.5 Å². The molecular formula is C20H28N4O. The van der Waals surface area contributed by atoms with Crippen LogP contribution >= 0.6 is 0 Å². The maximum atomic E-state index is 12.3. The number of amides is 1. The molecule has 5 nitrogen and oxygen atoms in total. The molecule has 5 heteroatoms. The van der Waals surface area contributed by atoms with Gasteiger partial charge in [-0.15, -0.1) is 0 Å². The van der Waals surface area contributed by atoms with Crippen LogP contribution < -0.4 is 10.2 Å². The van der Waals surface area contributed by atoms with Crippen molar-refractivity contribution >= 4 is 17.2 Å². The summed E-state index contributed by atoms with van der Waals surface area (Å²) in [5, 5.41) is 2.96. The summed E-state index contributed by atoms with van der Waals surface area (Å²) in [6.07, 6.45) is 5.78. The second-order valence-electron chi connectivity index (χ2n) is 7.39. The monoisotopic (exact) mass is 340 g/mol. The van der Waals surface area contributed by atoms with Gasteiger partial charge in [0.15, 0.2) is 0 Å². The Morgan fingerprint density at radius 2 is 1.88 bits per heavy atom. The van der Waals surface area contributed by atoms with Gasteiger partial charge in [-0.2, -0.15) is 0 Å². The Labute approximate surface area is 149 Å². The molecule has 0 atom stereocenters. The predicted octanol–water partition coefficient (Wildman–Crippen LogP) is 2.61. The number of nitrogens with zero attached hydrogens (tertiary/aromatic N) is 3. The number of pyridine rings is 1. The molecule has 0 spiro atoms. The van der Waals surface area contributed by atoms with Gasteiger partial charge in [-0.05, 0) is 49.4 Å². The highest BCUT2D eigenvalue weighted by molar-refractivity contribution is 5.94. The number of hydrogen-bond acceptors (Lipinski definition) is 3. The second-order valence-corrected chi connectivity index (χ2v) is 7.39. The van der Waals surface area contributed by atoms with Gasteiger partial charge >= 0.3 is 0 Å². The summed E-state index contributed by atoms with van der Waals surface area (Å²) in [5.41, 5.74) is 1.87. The fourth-order valence-corrected chi connectivity index (χ4v) is 3.64. The van der Waals surface area contributed by atoms with Crippen LogP contribution in [-0.4, -0.2) is 54.5 Å². The van der Waals surface area contributed by atoms with E-state index in [9.17, 15) is 4.79 Å². The van der Waals surface area contributed by atoms with E-state index in [0.29, 0.717) is 0 Å². The lowest BCUT2D eigenvalue weighted by molar-refractivity contribution is 0.0953. The minimum atomic E-state index is 0.0117. The molecule has 1 saturated heterocycles. The van der Waals surface area contributed by atoms with E-state index < -0.39 is 0 Å². The van der Waals surface area contributed by atoms with Crippen molar-refractivity contribution in [3.8, 4) is 0 Å². The van der Waals surface area contributed by atoms with Crippen molar-refractivity contribution in [2.45, 2.75) is 26.2 Å². The number of nitrogens with one attached hydrogen (secondary N) is 1. The number of carbonyl (C=O) groups is 1. The lowest BCUT2D eigenvalue weighted by Gasteiger charge is -2.35. The summed E-state index contributed by atoms with van der Waals surface area (Å²) in [5.74, 6) is 2.17. The third-order valence-electron chi connectivity index (χ3n) is 5.34. The van der Waals surface area contributed by atoms with E-state index in [-0.39, 0.29) is 5.91 Å². The summed E-state index contributed by atoms with van der Waals surface area (Å²) >= 11 is 0. The maximum absolute atomic E-state index is 12.3. The van der Waals surface area contributed by atoms with E-state index in [4.69, 9.17) is 0 Å². The van der Waals surface area contributed by atoms with E-state index in [1.165, 1.54) is 25.2 Å².